The highest BCUT2D eigenvalue weighted by atomic mass is 19.4. The Morgan fingerprint density at radius 2 is 1.49 bits per heavy atom. The van der Waals surface area contributed by atoms with Gasteiger partial charge in [-0.05, 0) is 31.0 Å². The fraction of sp³-hybridized carbons (Fsp3) is 0.393. The fourth-order valence-electron chi connectivity index (χ4n) is 3.72. The van der Waals surface area contributed by atoms with Crippen LogP contribution in [0.25, 0.3) is 0 Å². The number of amides is 5. The summed E-state index contributed by atoms with van der Waals surface area (Å²) in [6.07, 6.45) is -9.25. The summed E-state index contributed by atoms with van der Waals surface area (Å²) in [7, 11) is 0. The molecule has 234 valence electrons. The molecule has 0 aromatic heterocycles. The molecule has 0 bridgehead atoms. The molecule has 4 atom stereocenters. The number of para-hydroxylation sites is 1. The Morgan fingerprint density at radius 1 is 0.884 bits per heavy atom. The third-order valence-corrected chi connectivity index (χ3v) is 5.99. The number of nitrogens with one attached hydrogen (secondary N) is 4. The Balaban J connectivity index is 2.01. The van der Waals surface area contributed by atoms with E-state index in [1.54, 1.807) is 60.7 Å². The van der Waals surface area contributed by atoms with Crippen LogP contribution in [0.5, 0.6) is 5.75 Å². The first-order chi connectivity index (χ1) is 20.3. The molecule has 2 aromatic carbocycles. The Bertz CT molecular complexity index is 1230. The summed E-state index contributed by atoms with van der Waals surface area (Å²) in [5.74, 6) is -3.74. The standard InChI is InChI=1S/C28H34F3N5O7/c1-17(26(41)36-20(12-13-22(32)37)25(40)28(29,30)31)34-27(42)21(14-18-8-4-2-5-9-18)35-23(38)15-33-24(39)16-43-19-10-6-3-7-11-19/h2-11,17,20-21,25,40H,12-16H2,1H3,(H2,32,37)(H,33,39)(H,34,42)(H,35,38)(H,36,41)/t17-,20?,21-,25?/m0/s1. The average Bonchev–Trinajstić information content (AvgIpc) is 2.96. The van der Waals surface area contributed by atoms with Crippen molar-refractivity contribution in [1.82, 2.24) is 21.3 Å². The van der Waals surface area contributed by atoms with Gasteiger partial charge in [0.1, 0.15) is 17.8 Å². The number of nitrogens with two attached hydrogens (primary N) is 1. The zero-order valence-corrected chi connectivity index (χ0v) is 23.2. The molecule has 7 N–H and O–H groups in total. The van der Waals surface area contributed by atoms with Gasteiger partial charge in [-0.15, -0.1) is 0 Å². The fourth-order valence-corrected chi connectivity index (χ4v) is 3.72. The van der Waals surface area contributed by atoms with Gasteiger partial charge in [-0.1, -0.05) is 48.5 Å². The molecule has 2 aromatic rings. The van der Waals surface area contributed by atoms with Gasteiger partial charge in [0.2, 0.25) is 23.6 Å². The van der Waals surface area contributed by atoms with Gasteiger partial charge in [-0.25, -0.2) is 0 Å². The summed E-state index contributed by atoms with van der Waals surface area (Å²) in [6, 6.07) is 12.5. The van der Waals surface area contributed by atoms with Crippen LogP contribution in [0.1, 0.15) is 25.3 Å². The third kappa shape index (κ3) is 12.8. The monoisotopic (exact) mass is 609 g/mol. The zero-order valence-electron chi connectivity index (χ0n) is 23.2. The van der Waals surface area contributed by atoms with E-state index < -0.39 is 79.3 Å². The van der Waals surface area contributed by atoms with E-state index in [9.17, 15) is 42.3 Å². The third-order valence-electron chi connectivity index (χ3n) is 5.99. The molecule has 0 saturated carbocycles. The summed E-state index contributed by atoms with van der Waals surface area (Å²) in [5, 5.41) is 18.8. The molecular weight excluding hydrogens is 575 g/mol. The molecule has 2 rings (SSSR count). The van der Waals surface area contributed by atoms with Crippen molar-refractivity contribution in [2.45, 2.75) is 56.6 Å². The van der Waals surface area contributed by atoms with Gasteiger partial charge in [0.05, 0.1) is 12.6 Å². The molecule has 43 heavy (non-hydrogen) atoms. The van der Waals surface area contributed by atoms with E-state index in [4.69, 9.17) is 10.5 Å². The van der Waals surface area contributed by atoms with Crippen LogP contribution in [-0.2, 0) is 30.4 Å². The molecule has 5 amide bonds. The largest absolute Gasteiger partial charge is 0.484 e. The molecule has 0 heterocycles. The molecule has 2 unspecified atom stereocenters. The van der Waals surface area contributed by atoms with E-state index in [0.29, 0.717) is 11.3 Å². The number of rotatable bonds is 16. The van der Waals surface area contributed by atoms with Gasteiger partial charge in [0.15, 0.2) is 12.7 Å². The first-order valence-corrected chi connectivity index (χ1v) is 13.2. The maximum Gasteiger partial charge on any atom is 0.416 e. The minimum absolute atomic E-state index is 0.0220. The van der Waals surface area contributed by atoms with Gasteiger partial charge < -0.3 is 36.8 Å². The van der Waals surface area contributed by atoms with E-state index in [1.165, 1.54) is 6.92 Å². The van der Waals surface area contributed by atoms with Crippen molar-refractivity contribution in [3.05, 3.63) is 66.2 Å². The number of halogens is 3. The van der Waals surface area contributed by atoms with Crippen molar-refractivity contribution in [3.63, 3.8) is 0 Å². The van der Waals surface area contributed by atoms with Gasteiger partial charge in [0.25, 0.3) is 5.91 Å². The molecule has 0 aliphatic carbocycles. The lowest BCUT2D eigenvalue weighted by atomic mass is 10.0. The van der Waals surface area contributed by atoms with Crippen molar-refractivity contribution in [1.29, 1.82) is 0 Å². The normalized spacial score (nSPS) is 13.9. The first kappa shape index (κ1) is 34.5. The van der Waals surface area contributed by atoms with Crippen LogP contribution in [0.3, 0.4) is 0 Å². The maximum atomic E-state index is 13.1. The summed E-state index contributed by atoms with van der Waals surface area (Å²) in [6.45, 7) is 0.330. The van der Waals surface area contributed by atoms with Crippen molar-refractivity contribution in [3.8, 4) is 5.75 Å². The highest BCUT2D eigenvalue weighted by molar-refractivity contribution is 5.93. The van der Waals surface area contributed by atoms with Crippen molar-refractivity contribution in [2.24, 2.45) is 5.73 Å². The number of ether oxygens (including phenoxy) is 1. The van der Waals surface area contributed by atoms with E-state index in [0.717, 1.165) is 0 Å². The lowest BCUT2D eigenvalue weighted by molar-refractivity contribution is -0.212. The maximum absolute atomic E-state index is 13.1. The average molecular weight is 610 g/mol. The van der Waals surface area contributed by atoms with Crippen LogP contribution in [0.15, 0.2) is 60.7 Å². The Morgan fingerprint density at radius 3 is 2.07 bits per heavy atom. The van der Waals surface area contributed by atoms with Crippen molar-refractivity contribution >= 4 is 29.5 Å². The van der Waals surface area contributed by atoms with Crippen LogP contribution < -0.4 is 31.7 Å². The van der Waals surface area contributed by atoms with E-state index >= 15 is 0 Å². The number of carbonyl (C=O) groups is 5. The number of alkyl halides is 3. The summed E-state index contributed by atoms with van der Waals surface area (Å²) < 4.78 is 44.6. The first-order valence-electron chi connectivity index (χ1n) is 13.2. The van der Waals surface area contributed by atoms with Gasteiger partial charge >= 0.3 is 6.18 Å². The lowest BCUT2D eigenvalue weighted by Crippen LogP contribution is -2.57. The lowest BCUT2D eigenvalue weighted by Gasteiger charge is -2.27. The Kier molecular flexibility index (Phi) is 13.4. The second-order valence-corrected chi connectivity index (χ2v) is 9.53. The van der Waals surface area contributed by atoms with Crippen LogP contribution >= 0.6 is 0 Å². The highest BCUT2D eigenvalue weighted by Crippen LogP contribution is 2.24. The van der Waals surface area contributed by atoms with E-state index in [-0.39, 0.29) is 13.0 Å². The number of aliphatic hydroxyl groups excluding tert-OH is 1. The van der Waals surface area contributed by atoms with Gasteiger partial charge in [-0.3, -0.25) is 24.0 Å². The van der Waals surface area contributed by atoms with E-state index in [1.807, 2.05) is 5.32 Å². The molecule has 0 aliphatic heterocycles. The predicted octanol–water partition coefficient (Wildman–Crippen LogP) is 0.0873. The van der Waals surface area contributed by atoms with Crippen LogP contribution in [0.2, 0.25) is 0 Å². The number of hydrogen-bond acceptors (Lipinski definition) is 7. The molecule has 15 heteroatoms. The zero-order chi connectivity index (χ0) is 32.0. The molecule has 0 spiro atoms. The molecular formula is C28H34F3N5O7. The number of carbonyl (C=O) groups excluding carboxylic acids is 5. The van der Waals surface area contributed by atoms with Crippen molar-refractivity contribution in [2.75, 3.05) is 13.2 Å². The molecule has 0 aliphatic rings. The minimum Gasteiger partial charge on any atom is -0.484 e. The van der Waals surface area contributed by atoms with E-state index in [2.05, 4.69) is 16.0 Å². The topological polar surface area (TPSA) is 189 Å². The Hall–Kier alpha value is -4.66. The second-order valence-electron chi connectivity index (χ2n) is 9.53. The number of aliphatic hydroxyl groups is 1. The Labute approximate surface area is 245 Å². The summed E-state index contributed by atoms with van der Waals surface area (Å²) in [4.78, 5) is 61.5. The molecule has 12 nitrogen and oxygen atoms in total. The number of primary amides is 1. The highest BCUT2D eigenvalue weighted by Gasteiger charge is 2.44. The van der Waals surface area contributed by atoms with Crippen LogP contribution in [0.4, 0.5) is 13.2 Å². The second kappa shape index (κ2) is 16.7. The molecule has 0 saturated heterocycles. The summed E-state index contributed by atoms with van der Waals surface area (Å²) >= 11 is 0. The minimum atomic E-state index is -5.10. The molecule has 0 fully saturated rings. The summed E-state index contributed by atoms with van der Waals surface area (Å²) in [5.41, 5.74) is 5.62. The number of hydrogen-bond donors (Lipinski definition) is 6. The van der Waals surface area contributed by atoms with Gasteiger partial charge in [-0.2, -0.15) is 13.2 Å². The quantitative estimate of drug-likeness (QED) is 0.155. The van der Waals surface area contributed by atoms with Crippen LogP contribution in [0, 0.1) is 0 Å². The molecule has 0 radical (unpaired) electrons. The van der Waals surface area contributed by atoms with Crippen LogP contribution in [-0.4, -0.2) is 78.2 Å². The predicted molar refractivity (Wildman–Crippen MR) is 147 cm³/mol. The number of benzene rings is 2. The SMILES string of the molecule is C[C@H](NC(=O)[C@H](Cc1ccccc1)NC(=O)CNC(=O)COc1ccccc1)C(=O)NC(CCC(N)=O)C(O)C(F)(F)F. The van der Waals surface area contributed by atoms with Crippen molar-refractivity contribution < 1.29 is 47.0 Å². The smallest absolute Gasteiger partial charge is 0.416 e. The van der Waals surface area contributed by atoms with Gasteiger partial charge in [0, 0.05) is 12.8 Å².